The molecule has 0 aliphatic heterocycles. The van der Waals surface area contributed by atoms with Gasteiger partial charge in [-0.05, 0) is 31.4 Å². The summed E-state index contributed by atoms with van der Waals surface area (Å²) in [6, 6.07) is 4.01. The van der Waals surface area contributed by atoms with Crippen molar-refractivity contribution in [2.75, 3.05) is 5.32 Å². The number of aryl methyl sites for hydroxylation is 1. The Labute approximate surface area is 139 Å². The summed E-state index contributed by atoms with van der Waals surface area (Å²) >= 11 is 1.70. The molecule has 0 aliphatic rings. The predicted molar refractivity (Wildman–Crippen MR) is 94.1 cm³/mol. The van der Waals surface area contributed by atoms with Gasteiger partial charge in [0, 0.05) is 17.3 Å². The third-order valence-electron chi connectivity index (χ3n) is 3.63. The van der Waals surface area contributed by atoms with Crippen molar-refractivity contribution in [3.63, 3.8) is 0 Å². The molecule has 6 heteroatoms. The van der Waals surface area contributed by atoms with Gasteiger partial charge in [0.2, 0.25) is 5.69 Å². The second-order valence-corrected chi connectivity index (χ2v) is 7.26. The second-order valence-electron chi connectivity index (χ2n) is 5.99. The minimum absolute atomic E-state index is 0.0929. The van der Waals surface area contributed by atoms with Crippen LogP contribution in [-0.2, 0) is 0 Å². The lowest BCUT2D eigenvalue weighted by Crippen LogP contribution is -2.14. The second kappa shape index (κ2) is 6.39. The fourth-order valence-corrected chi connectivity index (χ4v) is 3.45. The minimum Gasteiger partial charge on any atom is -0.383 e. The van der Waals surface area contributed by atoms with Gasteiger partial charge in [-0.3, -0.25) is 0 Å². The fourth-order valence-electron chi connectivity index (χ4n) is 2.62. The van der Waals surface area contributed by atoms with E-state index in [0.717, 1.165) is 22.6 Å². The highest BCUT2D eigenvalue weighted by Crippen LogP contribution is 2.35. The van der Waals surface area contributed by atoms with Gasteiger partial charge in [0.05, 0.1) is 30.0 Å². The zero-order chi connectivity index (χ0) is 16.4. The molecule has 0 saturated heterocycles. The topological polar surface area (TPSA) is 46.6 Å². The molecule has 1 atom stereocenters. The number of rotatable bonds is 5. The van der Waals surface area contributed by atoms with Crippen molar-refractivity contribution in [3.05, 3.63) is 52.0 Å². The first-order chi connectivity index (χ1) is 11.1. The summed E-state index contributed by atoms with van der Waals surface area (Å²) in [7, 11) is 0. The Morgan fingerprint density at radius 3 is 2.87 bits per heavy atom. The molecule has 3 aromatic heterocycles. The van der Waals surface area contributed by atoms with E-state index in [4.69, 9.17) is 6.57 Å². The Morgan fingerprint density at radius 2 is 2.22 bits per heavy atom. The van der Waals surface area contributed by atoms with E-state index in [-0.39, 0.29) is 6.04 Å². The van der Waals surface area contributed by atoms with Crippen LogP contribution in [0.3, 0.4) is 0 Å². The lowest BCUT2D eigenvalue weighted by molar-refractivity contribution is 0.530. The van der Waals surface area contributed by atoms with Crippen LogP contribution in [0.1, 0.15) is 36.2 Å². The number of fused-ring (bicyclic) bond motifs is 1. The molecule has 0 bridgehead atoms. The van der Waals surface area contributed by atoms with Crippen molar-refractivity contribution in [1.82, 2.24) is 14.6 Å². The zero-order valence-electron chi connectivity index (χ0n) is 13.4. The lowest BCUT2D eigenvalue weighted by atomic mass is 10.0. The van der Waals surface area contributed by atoms with Gasteiger partial charge >= 0.3 is 0 Å². The molecule has 0 aromatic carbocycles. The number of hydrogen-bond donors (Lipinski definition) is 1. The summed E-state index contributed by atoms with van der Waals surface area (Å²) in [5, 5.41) is 8.89. The van der Waals surface area contributed by atoms with E-state index in [1.807, 2.05) is 24.5 Å². The number of nitrogens with zero attached hydrogens (tertiary/aromatic N) is 4. The van der Waals surface area contributed by atoms with Crippen molar-refractivity contribution in [3.8, 4) is 0 Å². The number of hydrogen-bond acceptors (Lipinski definition) is 4. The van der Waals surface area contributed by atoms with Crippen molar-refractivity contribution in [1.29, 1.82) is 0 Å². The van der Waals surface area contributed by atoms with Crippen molar-refractivity contribution < 1.29 is 0 Å². The Bertz CT molecular complexity index is 855. The zero-order valence-corrected chi connectivity index (χ0v) is 14.3. The smallest absolute Gasteiger partial charge is 0.231 e. The number of nitrogens with one attached hydrogen (secondary N) is 1. The normalized spacial score (nSPS) is 12.5. The Kier molecular flexibility index (Phi) is 4.30. The van der Waals surface area contributed by atoms with Gasteiger partial charge in [0.15, 0.2) is 0 Å². The number of aromatic nitrogens is 3. The molecule has 1 N–H and O–H groups in total. The molecule has 3 heterocycles. The first kappa shape index (κ1) is 15.5. The van der Waals surface area contributed by atoms with E-state index in [1.54, 1.807) is 22.0 Å². The average Bonchev–Trinajstić information content (AvgIpc) is 3.15. The minimum atomic E-state index is 0.0929. The molecule has 1 unspecified atom stereocenters. The van der Waals surface area contributed by atoms with Gasteiger partial charge in [-0.1, -0.05) is 13.8 Å². The molecule has 0 saturated carbocycles. The quantitative estimate of drug-likeness (QED) is 0.682. The highest BCUT2D eigenvalue weighted by Gasteiger charge is 2.20. The van der Waals surface area contributed by atoms with Crippen LogP contribution in [0.2, 0.25) is 0 Å². The average molecular weight is 325 g/mol. The van der Waals surface area contributed by atoms with E-state index >= 15 is 0 Å². The van der Waals surface area contributed by atoms with Crippen LogP contribution >= 0.6 is 11.3 Å². The van der Waals surface area contributed by atoms with Gasteiger partial charge in [0.1, 0.15) is 5.01 Å². The Hall–Kier alpha value is -2.39. The summed E-state index contributed by atoms with van der Waals surface area (Å²) < 4.78 is 1.79. The summed E-state index contributed by atoms with van der Waals surface area (Å²) in [6.45, 7) is 13.9. The molecule has 118 valence electrons. The van der Waals surface area contributed by atoms with Crippen LogP contribution in [0.25, 0.3) is 10.4 Å². The highest BCUT2D eigenvalue weighted by atomic mass is 32.1. The highest BCUT2D eigenvalue weighted by molar-refractivity contribution is 7.11. The maximum absolute atomic E-state index is 7.43. The first-order valence-corrected chi connectivity index (χ1v) is 8.43. The van der Waals surface area contributed by atoms with Crippen molar-refractivity contribution >= 4 is 28.2 Å². The predicted octanol–water partition coefficient (Wildman–Crippen LogP) is 4.85. The van der Waals surface area contributed by atoms with Crippen LogP contribution in [0.4, 0.5) is 11.4 Å². The summed E-state index contributed by atoms with van der Waals surface area (Å²) in [4.78, 5) is 9.37. The Morgan fingerprint density at radius 1 is 1.39 bits per heavy atom. The van der Waals surface area contributed by atoms with Crippen LogP contribution < -0.4 is 5.32 Å². The first-order valence-electron chi connectivity index (χ1n) is 7.61. The Balaban J connectivity index is 2.03. The standard InChI is InChI=1S/C17H19N5S/c1-11(2)8-13(17-19-9-12(3)23-17)21-16-14(18-4)10-20-22-7-5-6-15(16)22/h5-7,9-11,13,21H,8H2,1-3H3. The summed E-state index contributed by atoms with van der Waals surface area (Å²) in [5.74, 6) is 0.526. The molecule has 3 aromatic rings. The lowest BCUT2D eigenvalue weighted by Gasteiger charge is -2.21. The number of thiazole rings is 1. The molecule has 23 heavy (non-hydrogen) atoms. The van der Waals surface area contributed by atoms with Gasteiger partial charge in [-0.2, -0.15) is 5.10 Å². The molecule has 0 radical (unpaired) electrons. The third kappa shape index (κ3) is 3.20. The molecular formula is C17H19N5S. The summed E-state index contributed by atoms with van der Waals surface area (Å²) in [6.07, 6.45) is 6.37. The fraction of sp³-hybridized carbons (Fsp3) is 0.353. The van der Waals surface area contributed by atoms with Gasteiger partial charge < -0.3 is 5.32 Å². The third-order valence-corrected chi connectivity index (χ3v) is 4.65. The maximum atomic E-state index is 7.43. The maximum Gasteiger partial charge on any atom is 0.231 e. The van der Waals surface area contributed by atoms with E-state index in [9.17, 15) is 0 Å². The van der Waals surface area contributed by atoms with E-state index in [2.05, 4.69) is 41.0 Å². The monoisotopic (exact) mass is 325 g/mol. The molecular weight excluding hydrogens is 306 g/mol. The van der Waals surface area contributed by atoms with E-state index in [0.29, 0.717) is 11.6 Å². The largest absolute Gasteiger partial charge is 0.383 e. The number of anilines is 1. The molecule has 0 spiro atoms. The van der Waals surface area contributed by atoms with E-state index < -0.39 is 0 Å². The van der Waals surface area contributed by atoms with Gasteiger partial charge in [-0.25, -0.2) is 14.3 Å². The van der Waals surface area contributed by atoms with Crippen LogP contribution in [0.15, 0.2) is 30.7 Å². The molecule has 5 nitrogen and oxygen atoms in total. The van der Waals surface area contributed by atoms with Gasteiger partial charge in [-0.15, -0.1) is 11.3 Å². The van der Waals surface area contributed by atoms with Gasteiger partial charge in [0.25, 0.3) is 0 Å². The van der Waals surface area contributed by atoms with Crippen LogP contribution in [-0.4, -0.2) is 14.6 Å². The van der Waals surface area contributed by atoms with Crippen molar-refractivity contribution in [2.24, 2.45) is 5.92 Å². The summed E-state index contributed by atoms with van der Waals surface area (Å²) in [5.41, 5.74) is 2.29. The molecule has 3 rings (SSSR count). The molecule has 0 amide bonds. The molecule has 0 fully saturated rings. The van der Waals surface area contributed by atoms with Crippen LogP contribution in [0.5, 0.6) is 0 Å². The molecule has 0 aliphatic carbocycles. The SMILES string of the molecule is [C-]#[N+]c1cnn2cccc2c1NC(CC(C)C)c1ncc(C)s1. The van der Waals surface area contributed by atoms with Crippen molar-refractivity contribution in [2.45, 2.75) is 33.2 Å². The van der Waals surface area contributed by atoms with Crippen LogP contribution in [0, 0.1) is 19.4 Å². The van der Waals surface area contributed by atoms with E-state index in [1.165, 1.54) is 4.88 Å².